The number of fused-ring (bicyclic) bond motifs is 2. The molecule has 2 heterocycles. The van der Waals surface area contributed by atoms with Gasteiger partial charge in [-0.05, 0) is 64.0 Å². The molecule has 1 aromatic carbocycles. The maximum atomic E-state index is 13.9. The van der Waals surface area contributed by atoms with Crippen LogP contribution in [0.2, 0.25) is 0 Å². The van der Waals surface area contributed by atoms with E-state index in [-0.39, 0.29) is 31.0 Å². The highest BCUT2D eigenvalue weighted by Crippen LogP contribution is 2.45. The van der Waals surface area contributed by atoms with Crippen LogP contribution in [0.25, 0.3) is 10.9 Å². The molecule has 0 saturated carbocycles. The number of H-pyrrole nitrogens is 1. The molecule has 0 radical (unpaired) electrons. The number of imide groups is 1. The van der Waals surface area contributed by atoms with Crippen molar-refractivity contribution >= 4 is 22.8 Å². The van der Waals surface area contributed by atoms with Crippen LogP contribution in [0.3, 0.4) is 0 Å². The van der Waals surface area contributed by atoms with Gasteiger partial charge in [0.1, 0.15) is 0 Å². The largest absolute Gasteiger partial charge is 0.361 e. The summed E-state index contributed by atoms with van der Waals surface area (Å²) in [6.45, 7) is -0.222. The molecule has 2 aliphatic rings. The number of hydrogen-bond donors (Lipinski definition) is 2. The molecule has 1 saturated heterocycles. The molecular weight excluding hydrogens is 414 g/mol. The normalized spacial score (nSPS) is 24.7. The summed E-state index contributed by atoms with van der Waals surface area (Å²) in [5.41, 5.74) is 3.03. The lowest BCUT2D eigenvalue weighted by Crippen LogP contribution is -2.55. The molecule has 1 fully saturated rings. The van der Waals surface area contributed by atoms with Crippen LogP contribution in [-0.2, 0) is 11.2 Å². The van der Waals surface area contributed by atoms with Crippen LogP contribution in [0.5, 0.6) is 0 Å². The SMILES string of the molecule is [2H]C([2H])=C([2H])C([2H])([2H])N1C[C@H](C(=O)N(CCCN(C)C)C(=O)NCC)CC2c3cccc4[nH]cc(c34)C[C@H]21. The van der Waals surface area contributed by atoms with Gasteiger partial charge in [0.15, 0.2) is 0 Å². The molecule has 0 spiro atoms. The van der Waals surface area contributed by atoms with Gasteiger partial charge in [-0.15, -0.1) is 6.53 Å². The molecule has 1 unspecified atom stereocenters. The number of hydrogen-bond acceptors (Lipinski definition) is 4. The van der Waals surface area contributed by atoms with E-state index in [1.807, 2.05) is 43.4 Å². The summed E-state index contributed by atoms with van der Waals surface area (Å²) in [4.78, 5) is 34.9. The van der Waals surface area contributed by atoms with E-state index in [0.717, 1.165) is 22.0 Å². The zero-order valence-corrected chi connectivity index (χ0v) is 19.6. The number of benzene rings is 1. The Morgan fingerprint density at radius 3 is 3.03 bits per heavy atom. The molecule has 1 aliphatic heterocycles. The maximum absolute atomic E-state index is 13.9. The first kappa shape index (κ1) is 17.8. The number of nitrogens with one attached hydrogen (secondary N) is 2. The quantitative estimate of drug-likeness (QED) is 0.599. The van der Waals surface area contributed by atoms with Crippen LogP contribution < -0.4 is 5.32 Å². The fourth-order valence-electron chi connectivity index (χ4n) is 5.40. The van der Waals surface area contributed by atoms with Gasteiger partial charge in [-0.2, -0.15) is 0 Å². The highest BCUT2D eigenvalue weighted by Gasteiger charge is 2.43. The van der Waals surface area contributed by atoms with E-state index in [1.165, 1.54) is 9.80 Å². The molecule has 2 aromatic rings. The van der Waals surface area contributed by atoms with Crippen molar-refractivity contribution in [1.82, 2.24) is 25.0 Å². The van der Waals surface area contributed by atoms with Crippen molar-refractivity contribution in [3.63, 3.8) is 0 Å². The summed E-state index contributed by atoms with van der Waals surface area (Å²) >= 11 is 0. The summed E-state index contributed by atoms with van der Waals surface area (Å²) in [5, 5.41) is 3.81. The number of nitrogens with zero attached hydrogens (tertiary/aromatic N) is 3. The molecular formula is C26H37N5O2. The molecule has 3 amide bonds. The summed E-state index contributed by atoms with van der Waals surface area (Å²) in [5.74, 6) is -1.28. The fourth-order valence-corrected chi connectivity index (χ4v) is 5.40. The van der Waals surface area contributed by atoms with Crippen molar-refractivity contribution in [2.75, 3.05) is 46.8 Å². The van der Waals surface area contributed by atoms with Crippen LogP contribution in [0, 0.1) is 5.92 Å². The second-order valence-electron chi connectivity index (χ2n) is 9.27. The number of carbonyl (C=O) groups is 2. The Balaban J connectivity index is 1.74. The van der Waals surface area contributed by atoms with Gasteiger partial charge in [0, 0.05) is 57.9 Å². The average Bonchev–Trinajstić information content (AvgIpc) is 3.29. The molecule has 178 valence electrons. The molecule has 7 heteroatoms. The van der Waals surface area contributed by atoms with E-state index < -0.39 is 31.0 Å². The summed E-state index contributed by atoms with van der Waals surface area (Å²) in [6.07, 6.45) is 3.49. The number of amides is 3. The van der Waals surface area contributed by atoms with Gasteiger partial charge < -0.3 is 15.2 Å². The Hall–Kier alpha value is -2.64. The Kier molecular flexibility index (Phi) is 5.44. The molecule has 33 heavy (non-hydrogen) atoms. The van der Waals surface area contributed by atoms with Crippen molar-refractivity contribution in [2.45, 2.75) is 38.1 Å². The second-order valence-corrected chi connectivity index (χ2v) is 9.27. The molecule has 2 N–H and O–H groups in total. The maximum Gasteiger partial charge on any atom is 0.324 e. The van der Waals surface area contributed by atoms with Crippen LogP contribution in [-0.4, -0.2) is 84.4 Å². The van der Waals surface area contributed by atoms with Gasteiger partial charge >= 0.3 is 6.03 Å². The minimum absolute atomic E-state index is 0.0119. The van der Waals surface area contributed by atoms with E-state index in [1.54, 1.807) is 6.92 Å². The van der Waals surface area contributed by atoms with Crippen molar-refractivity contribution in [2.24, 2.45) is 5.92 Å². The van der Waals surface area contributed by atoms with Gasteiger partial charge in [-0.25, -0.2) is 4.79 Å². The fraction of sp³-hybridized carbons (Fsp3) is 0.538. The molecule has 1 aliphatic carbocycles. The zero-order chi connectivity index (χ0) is 27.8. The third-order valence-corrected chi connectivity index (χ3v) is 6.84. The summed E-state index contributed by atoms with van der Waals surface area (Å²) < 4.78 is 41.1. The van der Waals surface area contributed by atoms with Crippen LogP contribution in [0.15, 0.2) is 37.0 Å². The van der Waals surface area contributed by atoms with E-state index >= 15 is 0 Å². The Labute approximate surface area is 203 Å². The Morgan fingerprint density at radius 2 is 2.27 bits per heavy atom. The van der Waals surface area contributed by atoms with E-state index in [4.69, 9.17) is 6.85 Å². The standard InChI is InChI=1S/C26H37N5O2/c1-5-11-30-17-19(25(32)31(26(33)27-6-2)13-8-12-29(3)4)14-21-20-9-7-10-22-24(20)18(16-28-22)15-23(21)30/h5,7,9-10,16,19,21,23,28H,1,6,8,11-15,17H2,2-4H3,(H,27,33)/t19-,21?,23-/m1/s1/i1D2,5D,11D2. The third kappa shape index (κ3) is 4.70. The van der Waals surface area contributed by atoms with E-state index in [0.29, 0.717) is 32.4 Å². The first-order valence-corrected chi connectivity index (χ1v) is 11.7. The van der Waals surface area contributed by atoms with Crippen LogP contribution >= 0.6 is 0 Å². The van der Waals surface area contributed by atoms with E-state index in [9.17, 15) is 9.59 Å². The molecule has 3 atom stereocenters. The predicted octanol–water partition coefficient (Wildman–Crippen LogP) is 3.19. The zero-order valence-electron chi connectivity index (χ0n) is 24.6. The smallest absolute Gasteiger partial charge is 0.324 e. The number of carbonyl (C=O) groups excluding carboxylic acids is 2. The van der Waals surface area contributed by atoms with Crippen molar-refractivity contribution in [3.8, 4) is 0 Å². The Bertz CT molecular complexity index is 1230. The topological polar surface area (TPSA) is 71.7 Å². The van der Waals surface area contributed by atoms with Crippen LogP contribution in [0.4, 0.5) is 4.79 Å². The van der Waals surface area contributed by atoms with Crippen molar-refractivity contribution < 1.29 is 16.4 Å². The third-order valence-electron chi connectivity index (χ3n) is 6.84. The number of rotatable bonds is 8. The first-order valence-electron chi connectivity index (χ1n) is 14.2. The number of likely N-dealkylation sites (tertiary alicyclic amines) is 1. The van der Waals surface area contributed by atoms with Gasteiger partial charge in [0.05, 0.1) is 10.0 Å². The molecule has 1 aromatic heterocycles. The summed E-state index contributed by atoms with van der Waals surface area (Å²) in [7, 11) is 3.86. The lowest BCUT2D eigenvalue weighted by molar-refractivity contribution is -0.135. The van der Waals surface area contributed by atoms with Gasteiger partial charge in [0.25, 0.3) is 0 Å². The first-order chi connectivity index (χ1) is 18.0. The molecule has 0 bridgehead atoms. The molecule has 4 rings (SSSR count). The second kappa shape index (κ2) is 10.1. The monoisotopic (exact) mass is 456 g/mol. The minimum Gasteiger partial charge on any atom is -0.361 e. The van der Waals surface area contributed by atoms with E-state index in [2.05, 4.69) is 10.3 Å². The summed E-state index contributed by atoms with van der Waals surface area (Å²) in [6, 6.07) is 4.36. The van der Waals surface area contributed by atoms with Crippen molar-refractivity contribution in [1.29, 1.82) is 0 Å². The van der Waals surface area contributed by atoms with Gasteiger partial charge in [-0.3, -0.25) is 14.6 Å². The highest BCUT2D eigenvalue weighted by molar-refractivity contribution is 5.96. The lowest BCUT2D eigenvalue weighted by Gasteiger charge is -2.47. The van der Waals surface area contributed by atoms with Gasteiger partial charge in [-0.1, -0.05) is 18.2 Å². The average molecular weight is 457 g/mol. The number of urea groups is 1. The lowest BCUT2D eigenvalue weighted by atomic mass is 9.72. The molecule has 7 nitrogen and oxygen atoms in total. The van der Waals surface area contributed by atoms with Crippen molar-refractivity contribution in [3.05, 3.63) is 48.1 Å². The van der Waals surface area contributed by atoms with Gasteiger partial charge in [0.2, 0.25) is 5.91 Å². The number of piperidine rings is 1. The predicted molar refractivity (Wildman–Crippen MR) is 132 cm³/mol. The highest BCUT2D eigenvalue weighted by atomic mass is 16.2. The van der Waals surface area contributed by atoms with Crippen LogP contribution in [0.1, 0.15) is 43.7 Å². The minimum atomic E-state index is -2.43. The Morgan fingerprint density at radius 1 is 1.42 bits per heavy atom. The number of aromatic nitrogens is 1. The number of aromatic amines is 1.